The van der Waals surface area contributed by atoms with Crippen molar-refractivity contribution in [1.29, 1.82) is 0 Å². The zero-order valence-corrected chi connectivity index (χ0v) is 13.6. The molecule has 5 heteroatoms. The average molecular weight is 324 g/mol. The maximum atomic E-state index is 12.0. The fourth-order valence-corrected chi connectivity index (χ4v) is 2.85. The number of hydrogen-bond donors (Lipinski definition) is 1. The molecule has 0 atom stereocenters. The van der Waals surface area contributed by atoms with Crippen LogP contribution in [0.5, 0.6) is 5.75 Å². The summed E-state index contributed by atoms with van der Waals surface area (Å²) < 4.78 is 5.44. The predicted octanol–water partition coefficient (Wildman–Crippen LogP) is 3.00. The molecule has 2 amide bonds. The van der Waals surface area contributed by atoms with Gasteiger partial charge < -0.3 is 15.0 Å². The van der Waals surface area contributed by atoms with Crippen LogP contribution in [0.15, 0.2) is 48.5 Å². The Morgan fingerprint density at radius 2 is 1.96 bits per heavy atom. The Bertz CT molecular complexity index is 744. The highest BCUT2D eigenvalue weighted by Crippen LogP contribution is 2.30. The minimum atomic E-state index is -0.210. The summed E-state index contributed by atoms with van der Waals surface area (Å²) in [6, 6.07) is 14.9. The number of fused-ring (bicyclic) bond motifs is 1. The van der Waals surface area contributed by atoms with E-state index in [1.165, 1.54) is 0 Å². The van der Waals surface area contributed by atoms with Crippen molar-refractivity contribution < 1.29 is 14.3 Å². The first kappa shape index (κ1) is 16.1. The van der Waals surface area contributed by atoms with Crippen molar-refractivity contribution >= 4 is 23.2 Å². The zero-order chi connectivity index (χ0) is 16.9. The minimum Gasteiger partial charge on any atom is -0.484 e. The Hall–Kier alpha value is -2.82. The Morgan fingerprint density at radius 1 is 1.17 bits per heavy atom. The molecule has 1 aliphatic heterocycles. The first-order valence-corrected chi connectivity index (χ1v) is 8.08. The normalized spacial score (nSPS) is 13.4. The van der Waals surface area contributed by atoms with Crippen molar-refractivity contribution in [3.05, 3.63) is 54.1 Å². The maximum absolute atomic E-state index is 12.0. The highest BCUT2D eigenvalue weighted by atomic mass is 16.5. The number of benzene rings is 2. The van der Waals surface area contributed by atoms with Gasteiger partial charge in [0.2, 0.25) is 5.91 Å². The van der Waals surface area contributed by atoms with Crippen LogP contribution in [0.4, 0.5) is 11.4 Å². The van der Waals surface area contributed by atoms with Crippen molar-refractivity contribution in [2.24, 2.45) is 0 Å². The summed E-state index contributed by atoms with van der Waals surface area (Å²) in [5, 5.41) is 2.84. The predicted molar refractivity (Wildman–Crippen MR) is 93.4 cm³/mol. The van der Waals surface area contributed by atoms with Gasteiger partial charge in [-0.3, -0.25) is 9.59 Å². The monoisotopic (exact) mass is 324 g/mol. The van der Waals surface area contributed by atoms with E-state index in [-0.39, 0.29) is 18.4 Å². The lowest BCUT2D eigenvalue weighted by molar-refractivity contribution is -0.119. The number of ether oxygens (including phenoxy) is 1. The van der Waals surface area contributed by atoms with Crippen molar-refractivity contribution in [3.8, 4) is 5.75 Å². The second-order valence-electron chi connectivity index (χ2n) is 5.63. The highest BCUT2D eigenvalue weighted by Gasteiger charge is 2.22. The Kier molecular flexibility index (Phi) is 4.79. The summed E-state index contributed by atoms with van der Waals surface area (Å²) in [5.74, 6) is 0.603. The molecule has 0 bridgehead atoms. The second-order valence-corrected chi connectivity index (χ2v) is 5.63. The number of nitrogens with one attached hydrogen (secondary N) is 1. The van der Waals surface area contributed by atoms with Gasteiger partial charge in [0.1, 0.15) is 5.75 Å². The molecule has 2 aromatic rings. The van der Waals surface area contributed by atoms with E-state index in [1.807, 2.05) is 55.5 Å². The Morgan fingerprint density at radius 3 is 2.71 bits per heavy atom. The van der Waals surface area contributed by atoms with Crippen LogP contribution in [0.1, 0.15) is 18.9 Å². The molecule has 1 N–H and O–H groups in total. The fourth-order valence-electron chi connectivity index (χ4n) is 2.85. The molecule has 124 valence electrons. The minimum absolute atomic E-state index is 0.0410. The first-order valence-electron chi connectivity index (χ1n) is 8.08. The number of rotatable bonds is 5. The molecule has 1 aliphatic rings. The van der Waals surface area contributed by atoms with E-state index in [1.54, 1.807) is 4.90 Å². The molecular weight excluding hydrogens is 304 g/mol. The number of para-hydroxylation sites is 1. The molecule has 2 aromatic carbocycles. The number of carbonyl (C=O) groups excluding carboxylic acids is 2. The fraction of sp³-hybridized carbons (Fsp3) is 0.263. The van der Waals surface area contributed by atoms with E-state index in [9.17, 15) is 9.59 Å². The summed E-state index contributed by atoms with van der Waals surface area (Å²) in [6.45, 7) is 2.58. The summed E-state index contributed by atoms with van der Waals surface area (Å²) in [7, 11) is 0. The lowest BCUT2D eigenvalue weighted by atomic mass is 10.0. The van der Waals surface area contributed by atoms with Crippen LogP contribution in [0, 0.1) is 0 Å². The molecule has 0 saturated carbocycles. The third kappa shape index (κ3) is 3.56. The Labute approximate surface area is 141 Å². The van der Waals surface area contributed by atoms with Crippen LogP contribution in [-0.4, -0.2) is 25.0 Å². The third-order valence-corrected chi connectivity index (χ3v) is 3.99. The van der Waals surface area contributed by atoms with Gasteiger partial charge in [0.05, 0.1) is 0 Å². The van der Waals surface area contributed by atoms with Gasteiger partial charge in [-0.05, 0) is 49.2 Å². The number of hydrogen-bond acceptors (Lipinski definition) is 3. The molecule has 0 spiro atoms. The number of anilines is 2. The van der Waals surface area contributed by atoms with Crippen molar-refractivity contribution in [2.45, 2.75) is 19.8 Å². The molecule has 1 heterocycles. The average Bonchev–Trinajstić information content (AvgIpc) is 2.61. The molecule has 0 radical (unpaired) electrons. The van der Waals surface area contributed by atoms with Gasteiger partial charge in [-0.15, -0.1) is 0 Å². The van der Waals surface area contributed by atoms with Crippen LogP contribution >= 0.6 is 0 Å². The number of carbonyl (C=O) groups is 2. The first-order chi connectivity index (χ1) is 11.7. The molecule has 0 fully saturated rings. The van der Waals surface area contributed by atoms with Crippen LogP contribution in [0.3, 0.4) is 0 Å². The van der Waals surface area contributed by atoms with Gasteiger partial charge in [0.15, 0.2) is 6.61 Å². The topological polar surface area (TPSA) is 58.6 Å². The van der Waals surface area contributed by atoms with Gasteiger partial charge in [-0.1, -0.05) is 18.2 Å². The standard InChI is InChI=1S/C19H20N2O3/c1-2-21-17-10-9-15(12-14(17)8-11-19(21)23)20-18(22)13-24-16-6-4-3-5-7-16/h3-7,9-10,12H,2,8,11,13H2,1H3,(H,20,22). The molecule has 0 unspecified atom stereocenters. The van der Waals surface area contributed by atoms with E-state index < -0.39 is 0 Å². The molecule has 0 aliphatic carbocycles. The number of amides is 2. The van der Waals surface area contributed by atoms with Crippen molar-refractivity contribution in [2.75, 3.05) is 23.4 Å². The maximum Gasteiger partial charge on any atom is 0.262 e. The van der Waals surface area contributed by atoms with Gasteiger partial charge in [0, 0.05) is 24.3 Å². The summed E-state index contributed by atoms with van der Waals surface area (Å²) >= 11 is 0. The van der Waals surface area contributed by atoms with E-state index in [0.29, 0.717) is 25.1 Å². The number of nitrogens with zero attached hydrogens (tertiary/aromatic N) is 1. The van der Waals surface area contributed by atoms with E-state index in [2.05, 4.69) is 5.32 Å². The molecule has 3 rings (SSSR count). The Balaban J connectivity index is 1.64. The lowest BCUT2D eigenvalue weighted by Crippen LogP contribution is -2.34. The molecular formula is C19H20N2O3. The van der Waals surface area contributed by atoms with Gasteiger partial charge >= 0.3 is 0 Å². The van der Waals surface area contributed by atoms with E-state index >= 15 is 0 Å². The molecule has 0 aromatic heterocycles. The van der Waals surface area contributed by atoms with E-state index in [4.69, 9.17) is 4.74 Å². The van der Waals surface area contributed by atoms with E-state index in [0.717, 1.165) is 16.9 Å². The smallest absolute Gasteiger partial charge is 0.262 e. The molecule has 24 heavy (non-hydrogen) atoms. The molecule has 5 nitrogen and oxygen atoms in total. The second kappa shape index (κ2) is 7.17. The number of aryl methyl sites for hydroxylation is 1. The molecule has 0 saturated heterocycles. The van der Waals surface area contributed by atoms with Crippen LogP contribution in [0.25, 0.3) is 0 Å². The van der Waals surface area contributed by atoms with Crippen LogP contribution in [-0.2, 0) is 16.0 Å². The largest absolute Gasteiger partial charge is 0.484 e. The van der Waals surface area contributed by atoms with Crippen LogP contribution in [0.2, 0.25) is 0 Å². The summed E-state index contributed by atoms with van der Waals surface area (Å²) in [4.78, 5) is 25.7. The van der Waals surface area contributed by atoms with Gasteiger partial charge in [0.25, 0.3) is 5.91 Å². The highest BCUT2D eigenvalue weighted by molar-refractivity contribution is 5.97. The summed E-state index contributed by atoms with van der Waals surface area (Å²) in [5.41, 5.74) is 2.74. The van der Waals surface area contributed by atoms with Crippen LogP contribution < -0.4 is 15.0 Å². The van der Waals surface area contributed by atoms with Crippen molar-refractivity contribution in [1.82, 2.24) is 0 Å². The van der Waals surface area contributed by atoms with Crippen molar-refractivity contribution in [3.63, 3.8) is 0 Å². The SMILES string of the molecule is CCN1C(=O)CCc2cc(NC(=O)COc3ccccc3)ccc21. The van der Waals surface area contributed by atoms with Gasteiger partial charge in [-0.25, -0.2) is 0 Å². The third-order valence-electron chi connectivity index (χ3n) is 3.99. The lowest BCUT2D eigenvalue weighted by Gasteiger charge is -2.28. The van der Waals surface area contributed by atoms with Gasteiger partial charge in [-0.2, -0.15) is 0 Å². The zero-order valence-electron chi connectivity index (χ0n) is 13.6. The quantitative estimate of drug-likeness (QED) is 0.920. The summed E-state index contributed by atoms with van der Waals surface area (Å²) in [6.07, 6.45) is 1.21.